The van der Waals surface area contributed by atoms with E-state index in [-0.39, 0.29) is 11.7 Å². The van der Waals surface area contributed by atoms with Crippen LogP contribution in [-0.4, -0.2) is 53.5 Å². The van der Waals surface area contributed by atoms with E-state index in [0.717, 1.165) is 26.1 Å². The standard InChI is InChI=1S/C14H19BrN2O2/c1-3-11-9-17(7-6-16(11)2)14(19)10-4-5-12(15)13(18)8-10/h4-5,8,11,18H,3,6-7,9H2,1-2H3. The summed E-state index contributed by atoms with van der Waals surface area (Å²) in [6, 6.07) is 5.38. The Morgan fingerprint density at radius 2 is 2.21 bits per heavy atom. The van der Waals surface area contributed by atoms with Gasteiger partial charge in [-0.1, -0.05) is 6.92 Å². The van der Waals surface area contributed by atoms with Crippen molar-refractivity contribution < 1.29 is 9.90 Å². The van der Waals surface area contributed by atoms with E-state index in [2.05, 4.69) is 34.8 Å². The molecule has 104 valence electrons. The summed E-state index contributed by atoms with van der Waals surface area (Å²) in [5.41, 5.74) is 0.542. The zero-order valence-electron chi connectivity index (χ0n) is 11.3. The summed E-state index contributed by atoms with van der Waals surface area (Å²) in [4.78, 5) is 16.6. The van der Waals surface area contributed by atoms with Gasteiger partial charge in [-0.15, -0.1) is 0 Å². The zero-order valence-corrected chi connectivity index (χ0v) is 12.9. The Morgan fingerprint density at radius 3 is 2.84 bits per heavy atom. The van der Waals surface area contributed by atoms with E-state index >= 15 is 0 Å². The van der Waals surface area contributed by atoms with E-state index in [0.29, 0.717) is 16.1 Å². The third-order valence-electron chi connectivity index (χ3n) is 3.73. The van der Waals surface area contributed by atoms with Gasteiger partial charge in [0.2, 0.25) is 0 Å². The zero-order chi connectivity index (χ0) is 14.0. The van der Waals surface area contributed by atoms with E-state index in [1.54, 1.807) is 12.1 Å². The maximum atomic E-state index is 12.4. The molecule has 1 amide bonds. The molecular formula is C14H19BrN2O2. The van der Waals surface area contributed by atoms with Crippen LogP contribution in [0.4, 0.5) is 0 Å². The van der Waals surface area contributed by atoms with Crippen LogP contribution in [0.15, 0.2) is 22.7 Å². The second kappa shape index (κ2) is 5.92. The van der Waals surface area contributed by atoms with Crippen molar-refractivity contribution in [3.63, 3.8) is 0 Å². The molecule has 1 saturated heterocycles. The molecule has 1 heterocycles. The first kappa shape index (κ1) is 14.3. The number of carbonyl (C=O) groups is 1. The molecule has 1 aromatic carbocycles. The third kappa shape index (κ3) is 3.09. The lowest BCUT2D eigenvalue weighted by Crippen LogP contribution is -2.52. The minimum atomic E-state index is -0.00523. The minimum Gasteiger partial charge on any atom is -0.507 e. The summed E-state index contributed by atoms with van der Waals surface area (Å²) in [5, 5.41) is 9.66. The normalized spacial score (nSPS) is 20.6. The molecule has 1 aromatic rings. The number of phenolic OH excluding ortho intramolecular Hbond substituents is 1. The Kier molecular flexibility index (Phi) is 4.47. The number of rotatable bonds is 2. The number of phenols is 1. The number of nitrogens with zero attached hydrogens (tertiary/aromatic N) is 2. The number of aromatic hydroxyl groups is 1. The van der Waals surface area contributed by atoms with Gasteiger partial charge in [0.1, 0.15) is 5.75 Å². The number of benzene rings is 1. The SMILES string of the molecule is CCC1CN(C(=O)c2ccc(Br)c(O)c2)CCN1C. The van der Waals surface area contributed by atoms with Crippen LogP contribution in [0.3, 0.4) is 0 Å². The number of halogens is 1. The highest BCUT2D eigenvalue weighted by Gasteiger charge is 2.26. The number of hydrogen-bond donors (Lipinski definition) is 1. The van der Waals surface area contributed by atoms with E-state index in [4.69, 9.17) is 0 Å². The molecule has 2 rings (SSSR count). The first-order valence-corrected chi connectivity index (χ1v) is 7.30. The van der Waals surface area contributed by atoms with Gasteiger partial charge >= 0.3 is 0 Å². The molecule has 0 bridgehead atoms. The lowest BCUT2D eigenvalue weighted by molar-refractivity contribution is 0.0541. The third-order valence-corrected chi connectivity index (χ3v) is 4.40. The van der Waals surface area contributed by atoms with Gasteiger partial charge in [0.25, 0.3) is 5.91 Å². The summed E-state index contributed by atoms with van der Waals surface area (Å²) < 4.78 is 0.605. The smallest absolute Gasteiger partial charge is 0.254 e. The Labute approximate surface area is 122 Å². The largest absolute Gasteiger partial charge is 0.507 e. The second-order valence-corrected chi connectivity index (χ2v) is 5.81. The van der Waals surface area contributed by atoms with Gasteiger partial charge in [-0.05, 0) is 47.6 Å². The molecule has 19 heavy (non-hydrogen) atoms. The fourth-order valence-electron chi connectivity index (χ4n) is 2.40. The molecule has 1 aliphatic heterocycles. The first-order chi connectivity index (χ1) is 9.02. The Morgan fingerprint density at radius 1 is 1.47 bits per heavy atom. The second-order valence-electron chi connectivity index (χ2n) is 4.96. The van der Waals surface area contributed by atoms with Crippen molar-refractivity contribution in [1.82, 2.24) is 9.80 Å². The molecule has 4 nitrogen and oxygen atoms in total. The van der Waals surface area contributed by atoms with Crippen LogP contribution in [-0.2, 0) is 0 Å². The molecule has 1 atom stereocenters. The maximum Gasteiger partial charge on any atom is 0.254 e. The van der Waals surface area contributed by atoms with E-state index in [1.807, 2.05) is 4.90 Å². The van der Waals surface area contributed by atoms with Crippen LogP contribution in [0.25, 0.3) is 0 Å². The lowest BCUT2D eigenvalue weighted by atomic mass is 10.1. The van der Waals surface area contributed by atoms with Crippen molar-refractivity contribution in [1.29, 1.82) is 0 Å². The van der Waals surface area contributed by atoms with Crippen molar-refractivity contribution in [2.24, 2.45) is 0 Å². The van der Waals surface area contributed by atoms with Crippen molar-refractivity contribution in [2.45, 2.75) is 19.4 Å². The summed E-state index contributed by atoms with van der Waals surface area (Å²) in [6.07, 6.45) is 1.03. The lowest BCUT2D eigenvalue weighted by Gasteiger charge is -2.39. The van der Waals surface area contributed by atoms with Crippen LogP contribution >= 0.6 is 15.9 Å². The number of piperazine rings is 1. The van der Waals surface area contributed by atoms with Crippen LogP contribution in [0, 0.1) is 0 Å². The number of amides is 1. The van der Waals surface area contributed by atoms with Crippen molar-refractivity contribution in [3.05, 3.63) is 28.2 Å². The summed E-state index contributed by atoms with van der Waals surface area (Å²) >= 11 is 3.22. The van der Waals surface area contributed by atoms with Crippen molar-refractivity contribution in [2.75, 3.05) is 26.7 Å². The summed E-state index contributed by atoms with van der Waals surface area (Å²) in [7, 11) is 2.10. The molecule has 0 aromatic heterocycles. The molecule has 1 unspecified atom stereocenters. The molecular weight excluding hydrogens is 308 g/mol. The van der Waals surface area contributed by atoms with Crippen molar-refractivity contribution >= 4 is 21.8 Å². The number of carbonyl (C=O) groups excluding carboxylic acids is 1. The molecule has 1 N–H and O–H groups in total. The van der Waals surface area contributed by atoms with Crippen LogP contribution in [0.1, 0.15) is 23.7 Å². The topological polar surface area (TPSA) is 43.8 Å². The Bertz CT molecular complexity index is 479. The van der Waals surface area contributed by atoms with Crippen LogP contribution in [0.5, 0.6) is 5.75 Å². The van der Waals surface area contributed by atoms with E-state index in [9.17, 15) is 9.90 Å². The highest BCUT2D eigenvalue weighted by molar-refractivity contribution is 9.10. The van der Waals surface area contributed by atoms with Gasteiger partial charge in [0.05, 0.1) is 4.47 Å². The molecule has 0 spiro atoms. The molecule has 0 aliphatic carbocycles. The van der Waals surface area contributed by atoms with Crippen LogP contribution < -0.4 is 0 Å². The van der Waals surface area contributed by atoms with Gasteiger partial charge in [-0.25, -0.2) is 0 Å². The van der Waals surface area contributed by atoms with Gasteiger partial charge in [-0.3, -0.25) is 9.69 Å². The summed E-state index contributed by atoms with van der Waals surface area (Å²) in [5.74, 6) is 0.0985. The number of likely N-dealkylation sites (N-methyl/N-ethyl adjacent to an activating group) is 1. The van der Waals surface area contributed by atoms with Gasteiger partial charge in [0.15, 0.2) is 0 Å². The highest BCUT2D eigenvalue weighted by Crippen LogP contribution is 2.25. The number of hydrogen-bond acceptors (Lipinski definition) is 3. The van der Waals surface area contributed by atoms with E-state index < -0.39 is 0 Å². The molecule has 5 heteroatoms. The molecule has 0 radical (unpaired) electrons. The van der Waals surface area contributed by atoms with Crippen LogP contribution in [0.2, 0.25) is 0 Å². The van der Waals surface area contributed by atoms with Gasteiger partial charge in [-0.2, -0.15) is 0 Å². The monoisotopic (exact) mass is 326 g/mol. The molecule has 1 aliphatic rings. The van der Waals surface area contributed by atoms with Gasteiger partial charge in [0, 0.05) is 31.2 Å². The average molecular weight is 327 g/mol. The fraction of sp³-hybridized carbons (Fsp3) is 0.500. The van der Waals surface area contributed by atoms with Crippen molar-refractivity contribution in [3.8, 4) is 5.75 Å². The minimum absolute atomic E-state index is 0.00523. The highest BCUT2D eigenvalue weighted by atomic mass is 79.9. The fourth-order valence-corrected chi connectivity index (χ4v) is 2.65. The average Bonchev–Trinajstić information content (AvgIpc) is 2.41. The maximum absolute atomic E-state index is 12.4. The predicted octanol–water partition coefficient (Wildman–Crippen LogP) is 2.32. The molecule has 1 fully saturated rings. The quantitative estimate of drug-likeness (QED) is 0.907. The summed E-state index contributed by atoms with van der Waals surface area (Å²) in [6.45, 7) is 4.53. The first-order valence-electron chi connectivity index (χ1n) is 6.51. The van der Waals surface area contributed by atoms with Gasteiger partial charge < -0.3 is 10.0 Å². The Hall–Kier alpha value is -1.07. The predicted molar refractivity (Wildman–Crippen MR) is 78.4 cm³/mol. The Balaban J connectivity index is 2.13. The van der Waals surface area contributed by atoms with E-state index in [1.165, 1.54) is 6.07 Å². The molecule has 0 saturated carbocycles.